The van der Waals surface area contributed by atoms with Crippen molar-refractivity contribution in [3.63, 3.8) is 0 Å². The molecule has 1 aromatic rings. The van der Waals surface area contributed by atoms with Gasteiger partial charge in [-0.25, -0.2) is 8.78 Å². The van der Waals surface area contributed by atoms with Crippen molar-refractivity contribution in [2.45, 2.75) is 37.3 Å². The van der Waals surface area contributed by atoms with Crippen LogP contribution in [-0.4, -0.2) is 24.4 Å². The van der Waals surface area contributed by atoms with Crippen LogP contribution in [0.2, 0.25) is 0 Å². The van der Waals surface area contributed by atoms with Gasteiger partial charge < -0.3 is 5.32 Å². The van der Waals surface area contributed by atoms with Gasteiger partial charge in [0.25, 0.3) is 5.92 Å². The molecule has 0 radical (unpaired) electrons. The molecule has 2 rings (SSSR count). The normalized spacial score (nSPS) is 20.6. The summed E-state index contributed by atoms with van der Waals surface area (Å²) >= 11 is 0. The number of hydrogen-bond donors (Lipinski definition) is 2. The Morgan fingerprint density at radius 1 is 1.08 bits per heavy atom. The number of amides is 1. The Hall–Kier alpha value is -1.91. The molecule has 1 heterocycles. The number of nitrogens with one attached hydrogen (secondary N) is 2. The Kier molecular flexibility index (Phi) is 4.99. The average Bonchev–Trinajstić information content (AvgIpc) is 2.83. The number of carbonyl (C=O) groups excluding carboxylic acids is 1. The van der Waals surface area contributed by atoms with Crippen molar-refractivity contribution in [3.05, 3.63) is 34.9 Å². The van der Waals surface area contributed by atoms with Crippen molar-refractivity contribution >= 4 is 5.91 Å². The van der Waals surface area contributed by atoms with E-state index in [9.17, 15) is 39.9 Å². The van der Waals surface area contributed by atoms with Crippen LogP contribution in [0.15, 0.2) is 18.2 Å². The van der Waals surface area contributed by atoms with Crippen LogP contribution in [0.1, 0.15) is 23.1 Å². The highest BCUT2D eigenvalue weighted by Crippen LogP contribution is 2.36. The number of rotatable bonds is 3. The van der Waals surface area contributed by atoms with Crippen LogP contribution in [0.3, 0.4) is 0 Å². The van der Waals surface area contributed by atoms with Gasteiger partial charge in [-0.3, -0.25) is 10.1 Å². The van der Waals surface area contributed by atoms with Crippen molar-refractivity contribution in [1.29, 1.82) is 0 Å². The second-order valence-corrected chi connectivity index (χ2v) is 5.63. The van der Waals surface area contributed by atoms with Gasteiger partial charge in [0, 0.05) is 13.0 Å². The lowest BCUT2D eigenvalue weighted by atomic mass is 10.0. The molecule has 0 spiro atoms. The summed E-state index contributed by atoms with van der Waals surface area (Å²) in [6.07, 6.45) is -10.8. The summed E-state index contributed by atoms with van der Waals surface area (Å²) in [6, 6.07) is -0.370. The Morgan fingerprint density at radius 3 is 2.00 bits per heavy atom. The number of carbonyl (C=O) groups is 1. The summed E-state index contributed by atoms with van der Waals surface area (Å²) in [5.74, 6) is -4.02. The third-order valence-electron chi connectivity index (χ3n) is 3.54. The van der Waals surface area contributed by atoms with E-state index in [0.717, 1.165) is 0 Å². The van der Waals surface area contributed by atoms with Crippen LogP contribution in [0.25, 0.3) is 0 Å². The molecule has 0 aromatic heterocycles. The van der Waals surface area contributed by atoms with E-state index in [1.54, 1.807) is 0 Å². The van der Waals surface area contributed by atoms with Crippen molar-refractivity contribution in [2.75, 3.05) is 6.54 Å². The minimum Gasteiger partial charge on any atom is -0.351 e. The predicted octanol–water partition coefficient (Wildman–Crippen LogP) is 3.34. The SMILES string of the molecule is O=C(NCc1cc(C(F)(F)F)cc(C(F)(F)F)c1)C1CC(F)(F)CN1. The fourth-order valence-electron chi connectivity index (χ4n) is 2.33. The van der Waals surface area contributed by atoms with E-state index in [0.29, 0.717) is 12.1 Å². The van der Waals surface area contributed by atoms with Gasteiger partial charge in [-0.2, -0.15) is 26.3 Å². The molecular weight excluding hydrogens is 364 g/mol. The van der Waals surface area contributed by atoms with Crippen molar-refractivity contribution in [2.24, 2.45) is 0 Å². The molecule has 1 amide bonds. The summed E-state index contributed by atoms with van der Waals surface area (Å²) < 4.78 is 102. The topological polar surface area (TPSA) is 41.1 Å². The van der Waals surface area contributed by atoms with Gasteiger partial charge >= 0.3 is 12.4 Å². The van der Waals surface area contributed by atoms with Gasteiger partial charge in [-0.15, -0.1) is 0 Å². The van der Waals surface area contributed by atoms with E-state index in [4.69, 9.17) is 0 Å². The van der Waals surface area contributed by atoms with Crippen molar-refractivity contribution in [3.8, 4) is 0 Å². The second-order valence-electron chi connectivity index (χ2n) is 5.63. The van der Waals surface area contributed by atoms with Crippen LogP contribution >= 0.6 is 0 Å². The summed E-state index contributed by atoms with van der Waals surface area (Å²) in [5.41, 5.74) is -3.48. The van der Waals surface area contributed by atoms with Gasteiger partial charge in [0.15, 0.2) is 0 Å². The summed E-state index contributed by atoms with van der Waals surface area (Å²) in [6.45, 7) is -1.39. The fraction of sp³-hybridized carbons (Fsp3) is 0.500. The molecule has 1 unspecified atom stereocenters. The standard InChI is InChI=1S/C14H12F8N2O/c15-12(16)4-10(24-6-12)11(25)23-5-7-1-8(13(17,18)19)3-9(2-7)14(20,21)22/h1-3,10,24H,4-6H2,(H,23,25). The van der Waals surface area contributed by atoms with Crippen LogP contribution in [0, 0.1) is 0 Å². The zero-order chi connectivity index (χ0) is 19.0. The summed E-state index contributed by atoms with van der Waals surface area (Å²) in [4.78, 5) is 11.7. The van der Waals surface area contributed by atoms with E-state index >= 15 is 0 Å². The molecule has 0 aliphatic carbocycles. The van der Waals surface area contributed by atoms with Crippen LogP contribution in [-0.2, 0) is 23.7 Å². The quantitative estimate of drug-likeness (QED) is 0.795. The predicted molar refractivity (Wildman–Crippen MR) is 69.6 cm³/mol. The highest BCUT2D eigenvalue weighted by Gasteiger charge is 2.42. The largest absolute Gasteiger partial charge is 0.416 e. The number of alkyl halides is 8. The third-order valence-corrected chi connectivity index (χ3v) is 3.54. The molecule has 3 nitrogen and oxygen atoms in total. The lowest BCUT2D eigenvalue weighted by molar-refractivity contribution is -0.143. The maximum Gasteiger partial charge on any atom is 0.416 e. The highest BCUT2D eigenvalue weighted by molar-refractivity contribution is 5.82. The first-order chi connectivity index (χ1) is 11.3. The Morgan fingerprint density at radius 2 is 1.60 bits per heavy atom. The van der Waals surface area contributed by atoms with E-state index in [-0.39, 0.29) is 6.07 Å². The average molecular weight is 376 g/mol. The van der Waals surface area contributed by atoms with Gasteiger partial charge in [-0.05, 0) is 23.8 Å². The van der Waals surface area contributed by atoms with E-state index < -0.39 is 66.4 Å². The molecule has 1 fully saturated rings. The molecule has 1 saturated heterocycles. The van der Waals surface area contributed by atoms with Crippen molar-refractivity contribution < 1.29 is 39.9 Å². The van der Waals surface area contributed by atoms with E-state index in [1.165, 1.54) is 0 Å². The van der Waals surface area contributed by atoms with E-state index in [1.807, 2.05) is 0 Å². The third kappa shape index (κ3) is 5.03. The lowest BCUT2D eigenvalue weighted by Gasteiger charge is -2.15. The van der Waals surface area contributed by atoms with Gasteiger partial charge in [0.1, 0.15) is 0 Å². The molecule has 1 aliphatic heterocycles. The summed E-state index contributed by atoms with van der Waals surface area (Å²) in [5, 5.41) is 4.30. The molecule has 2 N–H and O–H groups in total. The zero-order valence-electron chi connectivity index (χ0n) is 12.4. The molecule has 11 heteroatoms. The smallest absolute Gasteiger partial charge is 0.351 e. The maximum atomic E-state index is 13.0. The number of halogens is 8. The molecule has 0 saturated carbocycles. The molecular formula is C14H12F8N2O. The number of benzene rings is 1. The fourth-order valence-corrected chi connectivity index (χ4v) is 2.33. The first-order valence-corrected chi connectivity index (χ1v) is 6.95. The van der Waals surface area contributed by atoms with Crippen molar-refractivity contribution in [1.82, 2.24) is 10.6 Å². The van der Waals surface area contributed by atoms with Crippen LogP contribution in [0.5, 0.6) is 0 Å². The molecule has 0 bridgehead atoms. The minimum absolute atomic E-state index is 0.0373. The molecule has 140 valence electrons. The summed E-state index contributed by atoms with van der Waals surface area (Å²) in [7, 11) is 0. The zero-order valence-corrected chi connectivity index (χ0v) is 12.4. The highest BCUT2D eigenvalue weighted by atomic mass is 19.4. The number of hydrogen-bond acceptors (Lipinski definition) is 2. The van der Waals surface area contributed by atoms with Gasteiger partial charge in [0.05, 0.1) is 23.7 Å². The first-order valence-electron chi connectivity index (χ1n) is 6.95. The van der Waals surface area contributed by atoms with E-state index in [2.05, 4.69) is 10.6 Å². The Balaban J connectivity index is 2.15. The van der Waals surface area contributed by atoms with Crippen LogP contribution < -0.4 is 10.6 Å². The molecule has 1 aliphatic rings. The van der Waals surface area contributed by atoms with Gasteiger partial charge in [-0.1, -0.05) is 0 Å². The lowest BCUT2D eigenvalue weighted by Crippen LogP contribution is -2.40. The molecule has 1 aromatic carbocycles. The maximum absolute atomic E-state index is 13.0. The van der Waals surface area contributed by atoms with Gasteiger partial charge in [0.2, 0.25) is 5.91 Å². The minimum atomic E-state index is -5.00. The Labute approximate surface area is 136 Å². The molecule has 25 heavy (non-hydrogen) atoms. The first kappa shape index (κ1) is 19.4. The second kappa shape index (κ2) is 6.43. The van der Waals surface area contributed by atoms with Crippen LogP contribution in [0.4, 0.5) is 35.1 Å². The monoisotopic (exact) mass is 376 g/mol. The molecule has 1 atom stereocenters. The Bertz CT molecular complexity index is 621.